The molecular weight excluding hydrogens is 252 g/mol. The number of ether oxygens (including phenoxy) is 1. The van der Waals surface area contributed by atoms with Crippen LogP contribution >= 0.6 is 11.3 Å². The summed E-state index contributed by atoms with van der Waals surface area (Å²) in [7, 11) is 0. The second kappa shape index (κ2) is 5.24. The van der Waals surface area contributed by atoms with E-state index in [1.807, 2.05) is 6.92 Å². The number of rotatable bonds is 3. The average Bonchev–Trinajstić information content (AvgIpc) is 2.60. The standard InChI is InChI=1S/C12H20N2O3S/c1-8-9(18-7-14-8)12(5,16)6-13-10(15)17-11(2,3)4/h7,16H,6H2,1-5H3,(H,13,15). The molecule has 1 aromatic heterocycles. The Morgan fingerprint density at radius 2 is 2.11 bits per heavy atom. The Bertz CT molecular complexity index is 421. The van der Waals surface area contributed by atoms with Crippen LogP contribution in [0.1, 0.15) is 38.3 Å². The summed E-state index contributed by atoms with van der Waals surface area (Å²) in [6.45, 7) is 8.93. The zero-order valence-corrected chi connectivity index (χ0v) is 12.2. The van der Waals surface area contributed by atoms with Gasteiger partial charge in [-0.25, -0.2) is 9.78 Å². The van der Waals surface area contributed by atoms with E-state index >= 15 is 0 Å². The van der Waals surface area contributed by atoms with Crippen LogP contribution in [0.4, 0.5) is 4.79 Å². The van der Waals surface area contributed by atoms with Crippen LogP contribution in [0.15, 0.2) is 5.51 Å². The quantitative estimate of drug-likeness (QED) is 0.884. The van der Waals surface area contributed by atoms with E-state index in [-0.39, 0.29) is 6.54 Å². The number of nitrogens with zero attached hydrogens (tertiary/aromatic N) is 1. The summed E-state index contributed by atoms with van der Waals surface area (Å²) in [5.41, 5.74) is 0.765. The predicted octanol–water partition coefficient (Wildman–Crippen LogP) is 2.18. The Morgan fingerprint density at radius 3 is 2.56 bits per heavy atom. The molecule has 0 fully saturated rings. The van der Waals surface area contributed by atoms with Gasteiger partial charge in [0, 0.05) is 0 Å². The fraction of sp³-hybridized carbons (Fsp3) is 0.667. The van der Waals surface area contributed by atoms with Crippen LogP contribution in [0.25, 0.3) is 0 Å². The van der Waals surface area contributed by atoms with E-state index in [2.05, 4.69) is 10.3 Å². The van der Waals surface area contributed by atoms with Gasteiger partial charge >= 0.3 is 6.09 Å². The maximum absolute atomic E-state index is 11.5. The van der Waals surface area contributed by atoms with Gasteiger partial charge in [-0.2, -0.15) is 0 Å². The number of hydrogen-bond acceptors (Lipinski definition) is 5. The van der Waals surface area contributed by atoms with E-state index in [4.69, 9.17) is 4.74 Å². The number of aryl methyl sites for hydroxylation is 1. The number of thiazole rings is 1. The van der Waals surface area contributed by atoms with Gasteiger partial charge in [-0.05, 0) is 34.6 Å². The van der Waals surface area contributed by atoms with E-state index in [9.17, 15) is 9.90 Å². The highest BCUT2D eigenvalue weighted by molar-refractivity contribution is 7.09. The minimum absolute atomic E-state index is 0.0882. The number of amides is 1. The van der Waals surface area contributed by atoms with Gasteiger partial charge in [-0.1, -0.05) is 0 Å². The van der Waals surface area contributed by atoms with Crippen LogP contribution in [0.3, 0.4) is 0 Å². The van der Waals surface area contributed by atoms with Crippen molar-refractivity contribution in [3.63, 3.8) is 0 Å². The molecule has 6 heteroatoms. The van der Waals surface area contributed by atoms with Gasteiger partial charge in [0.2, 0.25) is 0 Å². The molecule has 5 nitrogen and oxygen atoms in total. The number of carbonyl (C=O) groups excluding carboxylic acids is 1. The van der Waals surface area contributed by atoms with E-state index in [1.165, 1.54) is 11.3 Å². The number of aliphatic hydroxyl groups is 1. The van der Waals surface area contributed by atoms with Crippen molar-refractivity contribution >= 4 is 17.4 Å². The summed E-state index contributed by atoms with van der Waals surface area (Å²) in [4.78, 5) is 16.3. The Kier molecular flexibility index (Phi) is 4.34. The molecule has 1 rings (SSSR count). The molecule has 0 aliphatic rings. The summed E-state index contributed by atoms with van der Waals surface area (Å²) in [6.07, 6.45) is -0.537. The molecular formula is C12H20N2O3S. The number of aromatic nitrogens is 1. The molecule has 1 heterocycles. The predicted molar refractivity (Wildman–Crippen MR) is 70.7 cm³/mol. The fourth-order valence-corrected chi connectivity index (χ4v) is 2.32. The molecule has 0 aliphatic heterocycles. The van der Waals surface area contributed by atoms with Gasteiger partial charge in [0.15, 0.2) is 0 Å². The van der Waals surface area contributed by atoms with Crippen molar-refractivity contribution in [2.45, 2.75) is 45.8 Å². The van der Waals surface area contributed by atoms with Crippen molar-refractivity contribution in [1.82, 2.24) is 10.3 Å². The van der Waals surface area contributed by atoms with Gasteiger partial charge < -0.3 is 15.2 Å². The Hall–Kier alpha value is -1.14. The summed E-state index contributed by atoms with van der Waals surface area (Å²) >= 11 is 1.37. The first-order valence-electron chi connectivity index (χ1n) is 5.71. The van der Waals surface area contributed by atoms with Crippen LogP contribution in [-0.2, 0) is 10.3 Å². The highest BCUT2D eigenvalue weighted by Gasteiger charge is 2.28. The lowest BCUT2D eigenvalue weighted by molar-refractivity contribution is 0.0328. The van der Waals surface area contributed by atoms with E-state index in [1.54, 1.807) is 33.2 Å². The lowest BCUT2D eigenvalue weighted by atomic mass is 10.0. The first-order valence-corrected chi connectivity index (χ1v) is 6.59. The minimum Gasteiger partial charge on any atom is -0.444 e. The highest BCUT2D eigenvalue weighted by Crippen LogP contribution is 2.26. The number of nitrogens with one attached hydrogen (secondary N) is 1. The Labute approximate surface area is 111 Å². The van der Waals surface area contributed by atoms with Crippen molar-refractivity contribution in [2.75, 3.05) is 6.54 Å². The molecule has 0 saturated carbocycles. The molecule has 0 bridgehead atoms. The zero-order valence-electron chi connectivity index (χ0n) is 11.4. The van der Waals surface area contributed by atoms with Crippen molar-refractivity contribution in [1.29, 1.82) is 0 Å². The first kappa shape index (κ1) is 14.9. The normalized spacial score (nSPS) is 15.0. The number of alkyl carbamates (subject to hydrolysis) is 1. The molecule has 0 saturated heterocycles. The molecule has 1 aromatic rings. The molecule has 0 radical (unpaired) electrons. The van der Waals surface area contributed by atoms with Crippen molar-refractivity contribution in [3.8, 4) is 0 Å². The van der Waals surface area contributed by atoms with Crippen LogP contribution < -0.4 is 5.32 Å². The Balaban J connectivity index is 2.58. The zero-order chi connectivity index (χ0) is 14.0. The molecule has 1 amide bonds. The van der Waals surface area contributed by atoms with Gasteiger partial charge in [-0.15, -0.1) is 11.3 Å². The summed E-state index contributed by atoms with van der Waals surface area (Å²) in [5.74, 6) is 0. The summed E-state index contributed by atoms with van der Waals surface area (Å²) < 4.78 is 5.11. The third-order valence-electron chi connectivity index (χ3n) is 2.21. The van der Waals surface area contributed by atoms with Gasteiger partial charge in [0.05, 0.1) is 22.6 Å². The summed E-state index contributed by atoms with van der Waals surface area (Å²) in [5, 5.41) is 12.9. The first-order chi connectivity index (χ1) is 8.12. The van der Waals surface area contributed by atoms with E-state index < -0.39 is 17.3 Å². The molecule has 1 unspecified atom stereocenters. The number of carbonyl (C=O) groups is 1. The fourth-order valence-electron chi connectivity index (χ4n) is 1.46. The molecule has 0 spiro atoms. The monoisotopic (exact) mass is 272 g/mol. The van der Waals surface area contributed by atoms with Crippen LogP contribution in [0, 0.1) is 6.92 Å². The molecule has 102 valence electrons. The molecule has 2 N–H and O–H groups in total. The molecule has 18 heavy (non-hydrogen) atoms. The Morgan fingerprint density at radius 1 is 1.50 bits per heavy atom. The largest absolute Gasteiger partial charge is 0.444 e. The van der Waals surface area contributed by atoms with Gasteiger partial charge in [0.1, 0.15) is 11.2 Å². The number of hydrogen-bond donors (Lipinski definition) is 2. The highest BCUT2D eigenvalue weighted by atomic mass is 32.1. The van der Waals surface area contributed by atoms with Gasteiger partial charge in [-0.3, -0.25) is 0 Å². The maximum atomic E-state index is 11.5. The van der Waals surface area contributed by atoms with Crippen molar-refractivity contribution in [2.24, 2.45) is 0 Å². The van der Waals surface area contributed by atoms with Crippen molar-refractivity contribution in [3.05, 3.63) is 16.1 Å². The molecule has 1 atom stereocenters. The minimum atomic E-state index is -1.14. The second-order valence-electron chi connectivity index (χ2n) is 5.40. The maximum Gasteiger partial charge on any atom is 0.407 e. The van der Waals surface area contributed by atoms with Crippen LogP contribution in [0.5, 0.6) is 0 Å². The average molecular weight is 272 g/mol. The van der Waals surface area contributed by atoms with Gasteiger partial charge in [0.25, 0.3) is 0 Å². The SMILES string of the molecule is Cc1ncsc1C(C)(O)CNC(=O)OC(C)(C)C. The summed E-state index contributed by atoms with van der Waals surface area (Å²) in [6, 6.07) is 0. The van der Waals surface area contributed by atoms with Crippen LogP contribution in [0.2, 0.25) is 0 Å². The lowest BCUT2D eigenvalue weighted by Gasteiger charge is -2.25. The third-order valence-corrected chi connectivity index (χ3v) is 3.39. The molecule has 0 aliphatic carbocycles. The molecule has 0 aromatic carbocycles. The smallest absolute Gasteiger partial charge is 0.407 e. The van der Waals surface area contributed by atoms with Crippen LogP contribution in [-0.4, -0.2) is 28.3 Å². The second-order valence-corrected chi connectivity index (χ2v) is 6.25. The van der Waals surface area contributed by atoms with E-state index in [0.29, 0.717) is 0 Å². The third kappa shape index (κ3) is 4.27. The van der Waals surface area contributed by atoms with Crippen molar-refractivity contribution < 1.29 is 14.6 Å². The lowest BCUT2D eigenvalue weighted by Crippen LogP contribution is -2.41. The van der Waals surface area contributed by atoms with E-state index in [0.717, 1.165) is 10.6 Å². The topological polar surface area (TPSA) is 71.5 Å².